The molecule has 0 N–H and O–H groups in total. The highest BCUT2D eigenvalue weighted by atomic mass is 19.1. The lowest BCUT2D eigenvalue weighted by Gasteiger charge is -2.35. The number of rotatable bonds is 9. The maximum absolute atomic E-state index is 13.4. The predicted molar refractivity (Wildman–Crippen MR) is 124 cm³/mol. The smallest absolute Gasteiger partial charge is 0.123 e. The van der Waals surface area contributed by atoms with Crippen LogP contribution in [0.4, 0.5) is 4.39 Å². The third-order valence-corrected chi connectivity index (χ3v) is 6.32. The Morgan fingerprint density at radius 3 is 2.90 bits per heavy atom. The van der Waals surface area contributed by atoms with Crippen LogP contribution in [0.3, 0.4) is 0 Å². The zero-order valence-corrected chi connectivity index (χ0v) is 18.5. The highest BCUT2D eigenvalue weighted by molar-refractivity contribution is 5.32. The summed E-state index contributed by atoms with van der Waals surface area (Å²) >= 11 is 0. The van der Waals surface area contributed by atoms with Crippen LogP contribution >= 0.6 is 0 Å². The van der Waals surface area contributed by atoms with Gasteiger partial charge >= 0.3 is 0 Å². The molecule has 0 unspecified atom stereocenters. The molecule has 0 amide bonds. The molecule has 1 atom stereocenters. The molecule has 4 rings (SSSR count). The molecule has 0 radical (unpaired) electrons. The Morgan fingerprint density at radius 2 is 2.10 bits per heavy atom. The Kier molecular flexibility index (Phi) is 7.49. The summed E-state index contributed by atoms with van der Waals surface area (Å²) in [4.78, 5) is 9.39. The molecule has 1 aromatic carbocycles. The van der Waals surface area contributed by atoms with Gasteiger partial charge in [0, 0.05) is 44.3 Å². The van der Waals surface area contributed by atoms with E-state index in [1.165, 1.54) is 24.6 Å². The van der Waals surface area contributed by atoms with E-state index in [0.29, 0.717) is 5.92 Å². The van der Waals surface area contributed by atoms with Gasteiger partial charge in [-0.15, -0.1) is 0 Å². The zero-order valence-electron chi connectivity index (χ0n) is 18.5. The van der Waals surface area contributed by atoms with E-state index in [9.17, 15) is 4.39 Å². The van der Waals surface area contributed by atoms with Gasteiger partial charge in [-0.25, -0.2) is 4.39 Å². The zero-order chi connectivity index (χ0) is 21.5. The first kappa shape index (κ1) is 21.7. The monoisotopic (exact) mass is 420 g/mol. The second kappa shape index (κ2) is 10.7. The van der Waals surface area contributed by atoms with Gasteiger partial charge in [-0.05, 0) is 80.2 Å². The first-order chi connectivity index (χ1) is 15.2. The molecule has 0 spiro atoms. The summed E-state index contributed by atoms with van der Waals surface area (Å²) in [5, 5.41) is 0. The molecule has 1 saturated heterocycles. The van der Waals surface area contributed by atoms with E-state index < -0.39 is 0 Å². The average Bonchev–Trinajstić information content (AvgIpc) is 3.26. The predicted octanol–water partition coefficient (Wildman–Crippen LogP) is 4.79. The van der Waals surface area contributed by atoms with Crippen molar-refractivity contribution in [2.75, 3.05) is 32.7 Å². The molecule has 1 aliphatic rings. The number of pyridine rings is 1. The molecule has 1 fully saturated rings. The molecule has 164 valence electrons. The Hall–Kier alpha value is -2.50. The molecule has 5 heteroatoms. The quantitative estimate of drug-likeness (QED) is 0.498. The molecule has 0 aliphatic carbocycles. The van der Waals surface area contributed by atoms with Crippen LogP contribution in [0.5, 0.6) is 0 Å². The van der Waals surface area contributed by atoms with Crippen LogP contribution in [0.25, 0.3) is 5.69 Å². The number of hydrogen-bond acceptors (Lipinski definition) is 3. The van der Waals surface area contributed by atoms with Crippen LogP contribution in [0.15, 0.2) is 67.1 Å². The minimum Gasteiger partial charge on any atom is -0.318 e. The van der Waals surface area contributed by atoms with Crippen molar-refractivity contribution in [3.05, 3.63) is 84.2 Å². The van der Waals surface area contributed by atoms with Gasteiger partial charge < -0.3 is 9.47 Å². The Balaban J connectivity index is 1.32. The summed E-state index contributed by atoms with van der Waals surface area (Å²) in [6.07, 6.45) is 9.30. The van der Waals surface area contributed by atoms with E-state index in [1.54, 1.807) is 6.07 Å². The molecule has 1 aliphatic heterocycles. The Bertz CT molecular complexity index is 939. The normalized spacial score (nSPS) is 17.3. The van der Waals surface area contributed by atoms with Crippen LogP contribution in [0.1, 0.15) is 31.0 Å². The van der Waals surface area contributed by atoms with Crippen molar-refractivity contribution >= 4 is 0 Å². The van der Waals surface area contributed by atoms with Gasteiger partial charge in [0.1, 0.15) is 5.82 Å². The third-order valence-electron chi connectivity index (χ3n) is 6.32. The van der Waals surface area contributed by atoms with Gasteiger partial charge in [0.25, 0.3) is 0 Å². The van der Waals surface area contributed by atoms with Gasteiger partial charge in [0.2, 0.25) is 0 Å². The Labute approximate surface area is 185 Å². The van der Waals surface area contributed by atoms with E-state index in [0.717, 1.165) is 56.9 Å². The third kappa shape index (κ3) is 6.02. The number of halogens is 1. The lowest BCUT2D eigenvalue weighted by atomic mass is 9.96. The summed E-state index contributed by atoms with van der Waals surface area (Å²) in [5.41, 5.74) is 3.50. The minimum absolute atomic E-state index is 0.136. The van der Waals surface area contributed by atoms with Gasteiger partial charge in [-0.2, -0.15) is 0 Å². The van der Waals surface area contributed by atoms with Gasteiger partial charge in [-0.1, -0.05) is 19.1 Å². The molecular formula is C26H33FN4. The summed E-state index contributed by atoms with van der Waals surface area (Å²) in [6, 6.07) is 15.4. The number of likely N-dealkylation sites (tertiary alicyclic amines) is 1. The molecule has 2 aromatic heterocycles. The van der Waals surface area contributed by atoms with Crippen molar-refractivity contribution in [2.45, 2.75) is 32.7 Å². The van der Waals surface area contributed by atoms with Crippen molar-refractivity contribution in [2.24, 2.45) is 5.92 Å². The van der Waals surface area contributed by atoms with Gasteiger partial charge in [0.15, 0.2) is 0 Å². The SMILES string of the molecule is CCN(Cc1cccn1-c1cccnc1)C[C@H]1CCCN(CCc2cccc(F)c2)C1. The number of piperidine rings is 1. The van der Waals surface area contributed by atoms with E-state index in [-0.39, 0.29) is 5.82 Å². The standard InChI is InChI=1S/C26H33FN4/c1-2-29(21-26-11-6-15-31(26)25-10-4-13-28-18-25)19-23-8-5-14-30(20-23)16-12-22-7-3-9-24(27)17-22/h3-4,6-7,9-11,13,15,17-18,23H,2,5,8,12,14,16,19-21H2,1H3/t23-/m1/s1. The molecular weight excluding hydrogens is 387 g/mol. The highest BCUT2D eigenvalue weighted by Crippen LogP contribution is 2.20. The lowest BCUT2D eigenvalue weighted by Crippen LogP contribution is -2.41. The van der Waals surface area contributed by atoms with Crippen LogP contribution < -0.4 is 0 Å². The maximum Gasteiger partial charge on any atom is 0.123 e. The van der Waals surface area contributed by atoms with Crippen LogP contribution in [-0.4, -0.2) is 52.1 Å². The topological polar surface area (TPSA) is 24.3 Å². The summed E-state index contributed by atoms with van der Waals surface area (Å²) in [5.74, 6) is 0.548. The highest BCUT2D eigenvalue weighted by Gasteiger charge is 2.22. The molecule has 3 heterocycles. The molecule has 0 bridgehead atoms. The van der Waals surface area contributed by atoms with Crippen LogP contribution in [0.2, 0.25) is 0 Å². The fourth-order valence-electron chi connectivity index (χ4n) is 4.68. The summed E-state index contributed by atoms with van der Waals surface area (Å²) < 4.78 is 15.7. The molecule has 4 nitrogen and oxygen atoms in total. The van der Waals surface area contributed by atoms with Crippen molar-refractivity contribution in [1.29, 1.82) is 0 Å². The summed E-state index contributed by atoms with van der Waals surface area (Å²) in [7, 11) is 0. The number of benzene rings is 1. The van der Waals surface area contributed by atoms with Crippen LogP contribution in [-0.2, 0) is 13.0 Å². The van der Waals surface area contributed by atoms with Crippen molar-refractivity contribution in [3.63, 3.8) is 0 Å². The minimum atomic E-state index is -0.136. The molecule has 0 saturated carbocycles. The average molecular weight is 421 g/mol. The first-order valence-corrected chi connectivity index (χ1v) is 11.5. The van der Waals surface area contributed by atoms with Gasteiger partial charge in [0.05, 0.1) is 11.9 Å². The molecule has 31 heavy (non-hydrogen) atoms. The number of hydrogen-bond donors (Lipinski definition) is 0. The fourth-order valence-corrected chi connectivity index (χ4v) is 4.68. The summed E-state index contributed by atoms with van der Waals surface area (Å²) in [6.45, 7) is 8.65. The largest absolute Gasteiger partial charge is 0.318 e. The van der Waals surface area contributed by atoms with Crippen LogP contribution in [0, 0.1) is 11.7 Å². The molecule has 3 aromatic rings. The maximum atomic E-state index is 13.4. The second-order valence-corrected chi connectivity index (χ2v) is 8.60. The van der Waals surface area contributed by atoms with E-state index in [2.05, 4.69) is 50.7 Å². The van der Waals surface area contributed by atoms with E-state index >= 15 is 0 Å². The van der Waals surface area contributed by atoms with E-state index in [4.69, 9.17) is 0 Å². The van der Waals surface area contributed by atoms with Crippen molar-refractivity contribution < 1.29 is 4.39 Å². The van der Waals surface area contributed by atoms with E-state index in [1.807, 2.05) is 30.6 Å². The van der Waals surface area contributed by atoms with Crippen molar-refractivity contribution in [3.8, 4) is 5.69 Å². The number of nitrogens with zero attached hydrogens (tertiary/aromatic N) is 4. The van der Waals surface area contributed by atoms with Crippen molar-refractivity contribution in [1.82, 2.24) is 19.4 Å². The first-order valence-electron chi connectivity index (χ1n) is 11.5. The fraction of sp³-hybridized carbons (Fsp3) is 0.423. The second-order valence-electron chi connectivity index (χ2n) is 8.60. The van der Waals surface area contributed by atoms with Gasteiger partial charge in [-0.3, -0.25) is 9.88 Å². The number of aromatic nitrogens is 2. The Morgan fingerprint density at radius 1 is 1.16 bits per heavy atom. The lowest BCUT2D eigenvalue weighted by molar-refractivity contribution is 0.132.